The summed E-state index contributed by atoms with van der Waals surface area (Å²) in [4.78, 5) is 0.109. The zero-order valence-electron chi connectivity index (χ0n) is 12.2. The van der Waals surface area contributed by atoms with E-state index in [1.165, 1.54) is 16.4 Å². The van der Waals surface area contributed by atoms with Crippen LogP contribution >= 0.6 is 0 Å². The second-order valence-corrected chi connectivity index (χ2v) is 7.37. The first-order valence-electron chi connectivity index (χ1n) is 7.02. The van der Waals surface area contributed by atoms with E-state index in [-0.39, 0.29) is 17.5 Å². The number of aryl methyl sites for hydroxylation is 1. The Morgan fingerprint density at radius 2 is 1.95 bits per heavy atom. The Morgan fingerprint density at radius 3 is 2.68 bits per heavy atom. The number of hydrogen-bond donors (Lipinski definition) is 1. The number of sulfonamides is 1. The summed E-state index contributed by atoms with van der Waals surface area (Å²) in [7, 11) is -3.77. The normalized spacial score (nSPS) is 18.1. The minimum absolute atomic E-state index is 0.109. The molecule has 0 radical (unpaired) electrons. The Hall–Kier alpha value is -1.92. The van der Waals surface area contributed by atoms with Gasteiger partial charge in [0.25, 0.3) is 10.0 Å². The molecular formula is C16H17FN2O2S. The molecule has 0 saturated carbocycles. The summed E-state index contributed by atoms with van der Waals surface area (Å²) in [6.45, 7) is 1.81. The van der Waals surface area contributed by atoms with E-state index < -0.39 is 15.8 Å². The topological polar surface area (TPSA) is 63.4 Å². The molecule has 4 nitrogen and oxygen atoms in total. The van der Waals surface area contributed by atoms with Crippen molar-refractivity contribution in [3.63, 3.8) is 0 Å². The summed E-state index contributed by atoms with van der Waals surface area (Å²) in [6, 6.07) is 10.8. The molecule has 2 N–H and O–H groups in total. The zero-order chi connectivity index (χ0) is 15.9. The second kappa shape index (κ2) is 5.37. The smallest absolute Gasteiger partial charge is 0.264 e. The first-order chi connectivity index (χ1) is 10.4. The van der Waals surface area contributed by atoms with Crippen molar-refractivity contribution in [1.29, 1.82) is 0 Å². The van der Waals surface area contributed by atoms with Gasteiger partial charge in [-0.25, -0.2) is 12.8 Å². The molecular weight excluding hydrogens is 303 g/mol. The van der Waals surface area contributed by atoms with Crippen molar-refractivity contribution >= 4 is 15.7 Å². The van der Waals surface area contributed by atoms with Crippen LogP contribution in [-0.2, 0) is 16.4 Å². The lowest BCUT2D eigenvalue weighted by atomic mass is 10.0. The van der Waals surface area contributed by atoms with Crippen LogP contribution < -0.4 is 10.0 Å². The molecule has 6 heteroatoms. The van der Waals surface area contributed by atoms with Gasteiger partial charge in [-0.2, -0.15) is 0 Å². The van der Waals surface area contributed by atoms with Crippen LogP contribution in [0.3, 0.4) is 0 Å². The standard InChI is InChI=1S/C16H17FN2O2S/c1-11-8-13(17)6-7-16(11)22(20,21)19-10-14(18)9-12-4-2-3-5-15(12)19/h2-8,14H,9-10,18H2,1H3. The van der Waals surface area contributed by atoms with Crippen LogP contribution in [0.4, 0.5) is 10.1 Å². The summed E-state index contributed by atoms with van der Waals surface area (Å²) >= 11 is 0. The molecule has 0 aromatic heterocycles. The predicted octanol–water partition coefficient (Wildman–Crippen LogP) is 2.21. The third-order valence-corrected chi connectivity index (χ3v) is 5.79. The van der Waals surface area contributed by atoms with Gasteiger partial charge >= 0.3 is 0 Å². The van der Waals surface area contributed by atoms with E-state index in [4.69, 9.17) is 5.73 Å². The number of anilines is 1. The highest BCUT2D eigenvalue weighted by Crippen LogP contribution is 2.32. The Bertz CT molecular complexity index is 821. The van der Waals surface area contributed by atoms with Crippen molar-refractivity contribution in [3.8, 4) is 0 Å². The first-order valence-corrected chi connectivity index (χ1v) is 8.46. The molecule has 0 saturated heterocycles. The van der Waals surface area contributed by atoms with Crippen molar-refractivity contribution < 1.29 is 12.8 Å². The van der Waals surface area contributed by atoms with E-state index in [2.05, 4.69) is 0 Å². The average molecular weight is 320 g/mol. The highest BCUT2D eigenvalue weighted by atomic mass is 32.2. The molecule has 2 aromatic rings. The van der Waals surface area contributed by atoms with Crippen LogP contribution in [0.2, 0.25) is 0 Å². The first kappa shape index (κ1) is 15.0. The fraction of sp³-hybridized carbons (Fsp3) is 0.250. The SMILES string of the molecule is Cc1cc(F)ccc1S(=O)(=O)N1CC(N)Cc2ccccc21. The maximum Gasteiger partial charge on any atom is 0.264 e. The minimum Gasteiger partial charge on any atom is -0.326 e. The van der Waals surface area contributed by atoms with E-state index in [1.54, 1.807) is 19.1 Å². The highest BCUT2D eigenvalue weighted by molar-refractivity contribution is 7.92. The maximum atomic E-state index is 13.3. The molecule has 0 spiro atoms. The molecule has 3 rings (SSSR count). The highest BCUT2D eigenvalue weighted by Gasteiger charge is 2.32. The van der Waals surface area contributed by atoms with Gasteiger partial charge in [-0.05, 0) is 48.7 Å². The lowest BCUT2D eigenvalue weighted by Crippen LogP contribution is -2.46. The summed E-state index contributed by atoms with van der Waals surface area (Å²) in [5.41, 5.74) is 7.95. The van der Waals surface area contributed by atoms with Gasteiger partial charge in [0.2, 0.25) is 0 Å². The van der Waals surface area contributed by atoms with E-state index in [1.807, 2.05) is 12.1 Å². The molecule has 2 aromatic carbocycles. The molecule has 1 unspecified atom stereocenters. The van der Waals surface area contributed by atoms with E-state index in [0.29, 0.717) is 17.7 Å². The average Bonchev–Trinajstić information content (AvgIpc) is 2.45. The lowest BCUT2D eigenvalue weighted by molar-refractivity contribution is 0.574. The van der Waals surface area contributed by atoms with Crippen molar-refractivity contribution in [2.75, 3.05) is 10.8 Å². The number of fused-ring (bicyclic) bond motifs is 1. The van der Waals surface area contributed by atoms with Crippen LogP contribution in [0.1, 0.15) is 11.1 Å². The molecule has 0 aliphatic carbocycles. The van der Waals surface area contributed by atoms with E-state index in [9.17, 15) is 12.8 Å². The Morgan fingerprint density at radius 1 is 1.23 bits per heavy atom. The third kappa shape index (κ3) is 2.48. The zero-order valence-corrected chi connectivity index (χ0v) is 13.0. The van der Waals surface area contributed by atoms with Crippen LogP contribution in [0.15, 0.2) is 47.4 Å². The summed E-state index contributed by atoms with van der Waals surface area (Å²) in [6.07, 6.45) is 0.643. The van der Waals surface area contributed by atoms with Crippen LogP contribution in [0, 0.1) is 12.7 Å². The fourth-order valence-electron chi connectivity index (χ4n) is 2.83. The molecule has 116 valence electrons. The largest absolute Gasteiger partial charge is 0.326 e. The van der Waals surface area contributed by atoms with Gasteiger partial charge in [-0.3, -0.25) is 4.31 Å². The second-order valence-electron chi connectivity index (χ2n) is 5.54. The van der Waals surface area contributed by atoms with Crippen LogP contribution in [-0.4, -0.2) is 21.0 Å². The number of rotatable bonds is 2. The fourth-order valence-corrected chi connectivity index (χ4v) is 4.60. The molecule has 1 heterocycles. The van der Waals surface area contributed by atoms with Gasteiger partial charge in [0, 0.05) is 12.6 Å². The third-order valence-electron chi connectivity index (χ3n) is 3.85. The number of hydrogen-bond acceptors (Lipinski definition) is 3. The van der Waals surface area contributed by atoms with Crippen molar-refractivity contribution in [3.05, 3.63) is 59.4 Å². The quantitative estimate of drug-likeness (QED) is 0.923. The summed E-state index contributed by atoms with van der Waals surface area (Å²) in [5, 5.41) is 0. The Balaban J connectivity index is 2.13. The molecule has 0 amide bonds. The van der Waals surface area contributed by atoms with E-state index >= 15 is 0 Å². The molecule has 22 heavy (non-hydrogen) atoms. The van der Waals surface area contributed by atoms with E-state index in [0.717, 1.165) is 11.6 Å². The molecule has 1 aliphatic heterocycles. The molecule has 1 aliphatic rings. The van der Waals surface area contributed by atoms with Gasteiger partial charge < -0.3 is 5.73 Å². The number of para-hydroxylation sites is 1. The monoisotopic (exact) mass is 320 g/mol. The van der Waals surface area contributed by atoms with Gasteiger partial charge in [0.05, 0.1) is 10.6 Å². The van der Waals surface area contributed by atoms with Crippen molar-refractivity contribution in [2.45, 2.75) is 24.3 Å². The number of nitrogens with two attached hydrogens (primary N) is 1. The Kier molecular flexibility index (Phi) is 3.66. The predicted molar refractivity (Wildman–Crippen MR) is 83.8 cm³/mol. The van der Waals surface area contributed by atoms with Crippen LogP contribution in [0.5, 0.6) is 0 Å². The maximum absolute atomic E-state index is 13.3. The minimum atomic E-state index is -3.77. The Labute approximate surface area is 129 Å². The van der Waals surface area contributed by atoms with Gasteiger partial charge in [-0.1, -0.05) is 18.2 Å². The summed E-state index contributed by atoms with van der Waals surface area (Å²) < 4.78 is 40.5. The number of halogens is 1. The number of benzene rings is 2. The van der Waals surface area contributed by atoms with Gasteiger partial charge in [0.15, 0.2) is 0 Å². The molecule has 1 atom stereocenters. The number of nitrogens with zero attached hydrogens (tertiary/aromatic N) is 1. The van der Waals surface area contributed by atoms with Crippen molar-refractivity contribution in [2.24, 2.45) is 5.73 Å². The van der Waals surface area contributed by atoms with Crippen LogP contribution in [0.25, 0.3) is 0 Å². The molecule has 0 bridgehead atoms. The van der Waals surface area contributed by atoms with Gasteiger partial charge in [0.1, 0.15) is 5.82 Å². The lowest BCUT2D eigenvalue weighted by Gasteiger charge is -2.34. The van der Waals surface area contributed by atoms with Crippen molar-refractivity contribution in [1.82, 2.24) is 0 Å². The molecule has 0 fully saturated rings. The summed E-state index contributed by atoms with van der Waals surface area (Å²) in [5.74, 6) is -0.452. The van der Waals surface area contributed by atoms with Gasteiger partial charge in [-0.15, -0.1) is 0 Å².